The zero-order valence-electron chi connectivity index (χ0n) is 12.4. The van der Waals surface area contributed by atoms with Crippen LogP contribution in [0.1, 0.15) is 24.0 Å². The molecule has 1 aromatic heterocycles. The van der Waals surface area contributed by atoms with Crippen LogP contribution in [0.4, 0.5) is 5.69 Å². The average Bonchev–Trinajstić information content (AvgIpc) is 3.34. The molecule has 1 N–H and O–H groups in total. The van der Waals surface area contributed by atoms with Crippen molar-refractivity contribution in [1.29, 1.82) is 0 Å². The number of nitrogens with one attached hydrogen (secondary N) is 1. The van der Waals surface area contributed by atoms with Gasteiger partial charge in [-0.15, -0.1) is 0 Å². The molecule has 1 aromatic carbocycles. The van der Waals surface area contributed by atoms with Crippen molar-refractivity contribution in [3.8, 4) is 0 Å². The fourth-order valence-corrected chi connectivity index (χ4v) is 2.85. The van der Waals surface area contributed by atoms with E-state index in [-0.39, 0.29) is 0 Å². The van der Waals surface area contributed by atoms with Gasteiger partial charge in [-0.05, 0) is 61.3 Å². The SMILES string of the molecule is Cc1ccc(Cl)c(NC(=S)N(Cc2cccnc2)C2CC2)c1. The van der Waals surface area contributed by atoms with E-state index in [9.17, 15) is 0 Å². The number of hydrogen-bond donors (Lipinski definition) is 1. The molecule has 1 heterocycles. The van der Waals surface area contributed by atoms with Crippen molar-refractivity contribution in [2.24, 2.45) is 0 Å². The number of rotatable bonds is 4. The Kier molecular flexibility index (Phi) is 4.60. The van der Waals surface area contributed by atoms with E-state index in [0.717, 1.165) is 28.5 Å². The first-order valence-electron chi connectivity index (χ1n) is 7.36. The Balaban J connectivity index is 1.74. The van der Waals surface area contributed by atoms with Crippen molar-refractivity contribution in [2.75, 3.05) is 5.32 Å². The van der Waals surface area contributed by atoms with Gasteiger partial charge in [0.2, 0.25) is 0 Å². The molecule has 0 bridgehead atoms. The maximum Gasteiger partial charge on any atom is 0.174 e. The maximum atomic E-state index is 6.25. The van der Waals surface area contributed by atoms with Crippen LogP contribution in [0.15, 0.2) is 42.7 Å². The number of aryl methyl sites for hydroxylation is 1. The number of aromatic nitrogens is 1. The third kappa shape index (κ3) is 3.76. The molecule has 3 nitrogen and oxygen atoms in total. The Bertz CT molecular complexity index is 671. The molecule has 0 unspecified atom stereocenters. The van der Waals surface area contributed by atoms with Crippen molar-refractivity contribution in [1.82, 2.24) is 9.88 Å². The quantitative estimate of drug-likeness (QED) is 0.840. The number of thiocarbonyl (C=S) groups is 1. The lowest BCUT2D eigenvalue weighted by atomic mass is 10.2. The fraction of sp³-hybridized carbons (Fsp3) is 0.294. The summed E-state index contributed by atoms with van der Waals surface area (Å²) in [5.41, 5.74) is 3.18. The molecule has 1 aliphatic rings. The predicted molar refractivity (Wildman–Crippen MR) is 95.2 cm³/mol. The minimum atomic E-state index is 0.517. The molecule has 3 rings (SSSR count). The number of nitrogens with zero attached hydrogens (tertiary/aromatic N) is 2. The van der Waals surface area contributed by atoms with E-state index in [1.54, 1.807) is 6.20 Å². The van der Waals surface area contributed by atoms with Crippen molar-refractivity contribution in [3.05, 3.63) is 58.9 Å². The Morgan fingerprint density at radius 1 is 1.41 bits per heavy atom. The van der Waals surface area contributed by atoms with Gasteiger partial charge in [0.05, 0.1) is 10.7 Å². The first kappa shape index (κ1) is 15.3. The lowest BCUT2D eigenvalue weighted by Gasteiger charge is -2.26. The molecule has 1 saturated carbocycles. The molecule has 0 saturated heterocycles. The summed E-state index contributed by atoms with van der Waals surface area (Å²) in [6.07, 6.45) is 6.04. The molecule has 0 amide bonds. The van der Waals surface area contributed by atoms with Crippen LogP contribution in [-0.2, 0) is 6.54 Å². The van der Waals surface area contributed by atoms with Crippen molar-refractivity contribution < 1.29 is 0 Å². The van der Waals surface area contributed by atoms with E-state index in [2.05, 4.69) is 21.3 Å². The summed E-state index contributed by atoms with van der Waals surface area (Å²) < 4.78 is 0. The molecule has 0 atom stereocenters. The molecule has 5 heteroatoms. The highest BCUT2D eigenvalue weighted by Crippen LogP contribution is 2.30. The molecule has 1 aliphatic carbocycles. The summed E-state index contributed by atoms with van der Waals surface area (Å²) >= 11 is 11.9. The third-order valence-corrected chi connectivity index (χ3v) is 4.35. The summed E-state index contributed by atoms with van der Waals surface area (Å²) in [6.45, 7) is 2.81. The highest BCUT2D eigenvalue weighted by molar-refractivity contribution is 7.80. The van der Waals surface area contributed by atoms with Gasteiger partial charge in [0.15, 0.2) is 5.11 Å². The smallest absolute Gasteiger partial charge is 0.174 e. The van der Waals surface area contributed by atoms with E-state index in [1.165, 1.54) is 12.8 Å². The zero-order chi connectivity index (χ0) is 15.5. The summed E-state index contributed by atoms with van der Waals surface area (Å²) in [6, 6.07) is 10.4. The molecule has 22 heavy (non-hydrogen) atoms. The molecule has 114 valence electrons. The zero-order valence-corrected chi connectivity index (χ0v) is 14.0. The summed E-state index contributed by atoms with van der Waals surface area (Å²) in [5, 5.41) is 4.70. The van der Waals surface area contributed by atoms with Crippen LogP contribution >= 0.6 is 23.8 Å². The number of halogens is 1. The topological polar surface area (TPSA) is 28.2 Å². The van der Waals surface area contributed by atoms with Gasteiger partial charge in [-0.3, -0.25) is 4.98 Å². The Morgan fingerprint density at radius 2 is 2.23 bits per heavy atom. The van der Waals surface area contributed by atoms with Crippen LogP contribution < -0.4 is 5.32 Å². The van der Waals surface area contributed by atoms with Crippen LogP contribution in [0.5, 0.6) is 0 Å². The normalized spacial score (nSPS) is 13.7. The standard InChI is InChI=1S/C17H18ClN3S/c1-12-4-7-15(18)16(9-12)20-17(22)21(14-5-6-14)11-13-3-2-8-19-10-13/h2-4,7-10,14H,5-6,11H2,1H3,(H,20,22). The van der Waals surface area contributed by atoms with Gasteiger partial charge >= 0.3 is 0 Å². The van der Waals surface area contributed by atoms with Gasteiger partial charge in [0, 0.05) is 25.0 Å². The van der Waals surface area contributed by atoms with Crippen molar-refractivity contribution in [3.63, 3.8) is 0 Å². The van der Waals surface area contributed by atoms with Gasteiger partial charge in [0.1, 0.15) is 0 Å². The van der Waals surface area contributed by atoms with Crippen LogP contribution in [0.2, 0.25) is 5.02 Å². The Morgan fingerprint density at radius 3 is 2.91 bits per heavy atom. The van der Waals surface area contributed by atoms with Gasteiger partial charge in [-0.2, -0.15) is 0 Å². The Labute approximate surface area is 141 Å². The second-order valence-corrected chi connectivity index (χ2v) is 6.43. The van der Waals surface area contributed by atoms with E-state index < -0.39 is 0 Å². The average molecular weight is 332 g/mol. The summed E-state index contributed by atoms with van der Waals surface area (Å²) in [7, 11) is 0. The first-order valence-corrected chi connectivity index (χ1v) is 8.15. The third-order valence-electron chi connectivity index (χ3n) is 3.69. The lowest BCUT2D eigenvalue weighted by molar-refractivity contribution is 0.409. The minimum absolute atomic E-state index is 0.517. The Hall–Kier alpha value is -1.65. The van der Waals surface area contributed by atoms with E-state index in [4.69, 9.17) is 23.8 Å². The predicted octanol–water partition coefficient (Wildman–Crippen LogP) is 4.40. The molecular weight excluding hydrogens is 314 g/mol. The van der Waals surface area contributed by atoms with Gasteiger partial charge in [-0.1, -0.05) is 23.7 Å². The molecular formula is C17H18ClN3S. The highest BCUT2D eigenvalue weighted by atomic mass is 35.5. The first-order chi connectivity index (χ1) is 10.6. The molecule has 1 fully saturated rings. The van der Waals surface area contributed by atoms with Gasteiger partial charge in [-0.25, -0.2) is 0 Å². The van der Waals surface area contributed by atoms with Crippen LogP contribution in [0.25, 0.3) is 0 Å². The van der Waals surface area contributed by atoms with Gasteiger partial charge in [0.25, 0.3) is 0 Å². The minimum Gasteiger partial charge on any atom is -0.342 e. The number of hydrogen-bond acceptors (Lipinski definition) is 2. The van der Waals surface area contributed by atoms with Crippen molar-refractivity contribution in [2.45, 2.75) is 32.4 Å². The van der Waals surface area contributed by atoms with E-state index in [0.29, 0.717) is 11.1 Å². The second-order valence-electron chi connectivity index (χ2n) is 5.63. The monoisotopic (exact) mass is 331 g/mol. The molecule has 0 aliphatic heterocycles. The van der Waals surface area contributed by atoms with Gasteiger partial charge < -0.3 is 10.2 Å². The molecule has 0 spiro atoms. The second kappa shape index (κ2) is 6.63. The summed E-state index contributed by atoms with van der Waals surface area (Å²) in [4.78, 5) is 6.40. The molecule has 2 aromatic rings. The van der Waals surface area contributed by atoms with Crippen LogP contribution in [0, 0.1) is 6.92 Å². The van der Waals surface area contributed by atoms with E-state index >= 15 is 0 Å². The maximum absolute atomic E-state index is 6.25. The number of anilines is 1. The van der Waals surface area contributed by atoms with Crippen molar-refractivity contribution >= 4 is 34.6 Å². The largest absolute Gasteiger partial charge is 0.342 e. The number of benzene rings is 1. The van der Waals surface area contributed by atoms with Crippen LogP contribution in [-0.4, -0.2) is 21.0 Å². The summed E-state index contributed by atoms with van der Waals surface area (Å²) in [5.74, 6) is 0. The van der Waals surface area contributed by atoms with E-state index in [1.807, 2.05) is 37.4 Å². The number of pyridine rings is 1. The lowest BCUT2D eigenvalue weighted by Crippen LogP contribution is -2.36. The van der Waals surface area contributed by atoms with Crippen LogP contribution in [0.3, 0.4) is 0 Å². The highest BCUT2D eigenvalue weighted by Gasteiger charge is 2.31. The molecule has 0 radical (unpaired) electrons. The fourth-order valence-electron chi connectivity index (χ4n) is 2.36.